The van der Waals surface area contributed by atoms with Gasteiger partial charge in [0.25, 0.3) is 0 Å². The Balaban J connectivity index is 2.20. The van der Waals surface area contributed by atoms with E-state index in [0.29, 0.717) is 13.1 Å². The Morgan fingerprint density at radius 2 is 1.85 bits per heavy atom. The van der Waals surface area contributed by atoms with Crippen LogP contribution in [-0.4, -0.2) is 30.8 Å². The van der Waals surface area contributed by atoms with Gasteiger partial charge in [0, 0.05) is 18.2 Å². The van der Waals surface area contributed by atoms with E-state index in [-0.39, 0.29) is 6.09 Å². The van der Waals surface area contributed by atoms with Crippen LogP contribution in [0.1, 0.15) is 31.9 Å². The van der Waals surface area contributed by atoms with E-state index >= 15 is 0 Å². The van der Waals surface area contributed by atoms with E-state index in [4.69, 9.17) is 14.2 Å². The molecule has 0 atom stereocenters. The van der Waals surface area contributed by atoms with Gasteiger partial charge in [-0.2, -0.15) is 0 Å². The third-order valence-electron chi connectivity index (χ3n) is 3.09. The monoisotopic (exact) mass is 279 g/mol. The van der Waals surface area contributed by atoms with Crippen LogP contribution in [0.2, 0.25) is 0 Å². The SMILES string of the molecule is COc1cc2c(c(OC)c1)CN(C(=O)OC(C)(C)C)C2. The van der Waals surface area contributed by atoms with E-state index in [0.717, 1.165) is 22.6 Å². The van der Waals surface area contributed by atoms with Crippen LogP contribution >= 0.6 is 0 Å². The molecule has 1 aliphatic heterocycles. The first kappa shape index (κ1) is 14.5. The summed E-state index contributed by atoms with van der Waals surface area (Å²) in [5.74, 6) is 1.47. The fraction of sp³-hybridized carbons (Fsp3) is 0.533. The molecule has 0 saturated heterocycles. The lowest BCUT2D eigenvalue weighted by molar-refractivity contribution is 0.0241. The van der Waals surface area contributed by atoms with Crippen LogP contribution in [0.4, 0.5) is 4.79 Å². The highest BCUT2D eigenvalue weighted by molar-refractivity contribution is 5.70. The lowest BCUT2D eigenvalue weighted by Gasteiger charge is -2.24. The Bertz CT molecular complexity index is 519. The Morgan fingerprint density at radius 1 is 1.15 bits per heavy atom. The molecule has 0 saturated carbocycles. The van der Waals surface area contributed by atoms with Crippen molar-refractivity contribution in [1.29, 1.82) is 0 Å². The second-order valence-electron chi connectivity index (χ2n) is 5.80. The third kappa shape index (κ3) is 2.98. The number of nitrogens with zero attached hydrogens (tertiary/aromatic N) is 1. The van der Waals surface area contributed by atoms with Gasteiger partial charge in [-0.15, -0.1) is 0 Å². The zero-order chi connectivity index (χ0) is 14.9. The van der Waals surface area contributed by atoms with Gasteiger partial charge < -0.3 is 14.2 Å². The van der Waals surface area contributed by atoms with E-state index in [2.05, 4.69) is 0 Å². The summed E-state index contributed by atoms with van der Waals surface area (Å²) in [6.45, 7) is 6.59. The quantitative estimate of drug-likeness (QED) is 0.835. The molecule has 0 unspecified atom stereocenters. The molecule has 0 aromatic heterocycles. The molecule has 0 bridgehead atoms. The second kappa shape index (κ2) is 5.23. The van der Waals surface area contributed by atoms with Gasteiger partial charge in [-0.3, -0.25) is 4.90 Å². The maximum atomic E-state index is 12.1. The predicted octanol–water partition coefficient (Wildman–Crippen LogP) is 2.95. The highest BCUT2D eigenvalue weighted by atomic mass is 16.6. The molecule has 1 heterocycles. The van der Waals surface area contributed by atoms with Gasteiger partial charge in [0.15, 0.2) is 0 Å². The zero-order valence-electron chi connectivity index (χ0n) is 12.6. The van der Waals surface area contributed by atoms with Crippen LogP contribution in [0, 0.1) is 0 Å². The minimum atomic E-state index is -0.492. The molecule has 1 aromatic rings. The molecule has 1 aromatic carbocycles. The van der Waals surface area contributed by atoms with Crippen molar-refractivity contribution in [2.24, 2.45) is 0 Å². The van der Waals surface area contributed by atoms with Gasteiger partial charge in [0.05, 0.1) is 20.8 Å². The molecule has 1 amide bonds. The van der Waals surface area contributed by atoms with E-state index in [1.165, 1.54) is 0 Å². The summed E-state index contributed by atoms with van der Waals surface area (Å²) in [6.07, 6.45) is -0.310. The largest absolute Gasteiger partial charge is 0.497 e. The van der Waals surface area contributed by atoms with Crippen molar-refractivity contribution in [2.45, 2.75) is 39.5 Å². The third-order valence-corrected chi connectivity index (χ3v) is 3.09. The first-order valence-electron chi connectivity index (χ1n) is 6.55. The Labute approximate surface area is 119 Å². The molecule has 5 heteroatoms. The molecule has 0 aliphatic carbocycles. The highest BCUT2D eigenvalue weighted by Gasteiger charge is 2.30. The number of carbonyl (C=O) groups is 1. The van der Waals surface area contributed by atoms with E-state index in [1.807, 2.05) is 32.9 Å². The van der Waals surface area contributed by atoms with Gasteiger partial charge in [0.2, 0.25) is 0 Å². The summed E-state index contributed by atoms with van der Waals surface area (Å²) in [5, 5.41) is 0. The Kier molecular flexibility index (Phi) is 3.79. The first-order chi connectivity index (χ1) is 9.34. The van der Waals surface area contributed by atoms with Crippen LogP contribution in [-0.2, 0) is 17.8 Å². The van der Waals surface area contributed by atoms with E-state index in [9.17, 15) is 4.79 Å². The van der Waals surface area contributed by atoms with Crippen LogP contribution in [0.15, 0.2) is 12.1 Å². The average Bonchev–Trinajstić information content (AvgIpc) is 2.79. The summed E-state index contributed by atoms with van der Waals surface area (Å²) >= 11 is 0. The van der Waals surface area contributed by atoms with Gasteiger partial charge in [-0.25, -0.2) is 4.79 Å². The van der Waals surface area contributed by atoms with Crippen molar-refractivity contribution in [3.63, 3.8) is 0 Å². The fourth-order valence-electron chi connectivity index (χ4n) is 2.20. The summed E-state index contributed by atoms with van der Waals surface area (Å²) < 4.78 is 16.0. The number of ether oxygens (including phenoxy) is 3. The maximum Gasteiger partial charge on any atom is 0.410 e. The second-order valence-corrected chi connectivity index (χ2v) is 5.80. The van der Waals surface area contributed by atoms with E-state index < -0.39 is 5.60 Å². The summed E-state index contributed by atoms with van der Waals surface area (Å²) in [7, 11) is 3.23. The van der Waals surface area contributed by atoms with Gasteiger partial charge in [0.1, 0.15) is 17.1 Å². The predicted molar refractivity (Wildman–Crippen MR) is 75.0 cm³/mol. The van der Waals surface area contributed by atoms with Crippen LogP contribution in [0.25, 0.3) is 0 Å². The number of amides is 1. The molecule has 0 spiro atoms. The number of fused-ring (bicyclic) bond motifs is 1. The molecular weight excluding hydrogens is 258 g/mol. The zero-order valence-corrected chi connectivity index (χ0v) is 12.6. The van der Waals surface area contributed by atoms with Gasteiger partial charge in [-0.05, 0) is 32.4 Å². The maximum absolute atomic E-state index is 12.1. The van der Waals surface area contributed by atoms with Crippen molar-refractivity contribution >= 4 is 6.09 Å². The average molecular weight is 279 g/mol. The fourth-order valence-corrected chi connectivity index (χ4v) is 2.20. The smallest absolute Gasteiger partial charge is 0.410 e. The van der Waals surface area contributed by atoms with Gasteiger partial charge >= 0.3 is 6.09 Å². The number of hydrogen-bond donors (Lipinski definition) is 0. The van der Waals surface area contributed by atoms with Crippen molar-refractivity contribution in [3.8, 4) is 11.5 Å². The molecule has 2 rings (SSSR count). The Morgan fingerprint density at radius 3 is 2.40 bits per heavy atom. The lowest BCUT2D eigenvalue weighted by Crippen LogP contribution is -2.33. The molecule has 0 radical (unpaired) electrons. The van der Waals surface area contributed by atoms with Crippen LogP contribution in [0.5, 0.6) is 11.5 Å². The van der Waals surface area contributed by atoms with E-state index in [1.54, 1.807) is 19.1 Å². The molecule has 110 valence electrons. The minimum absolute atomic E-state index is 0.310. The number of benzene rings is 1. The molecule has 5 nitrogen and oxygen atoms in total. The van der Waals surface area contributed by atoms with Crippen molar-refractivity contribution in [1.82, 2.24) is 4.90 Å². The lowest BCUT2D eigenvalue weighted by atomic mass is 10.1. The highest BCUT2D eigenvalue weighted by Crippen LogP contribution is 2.35. The van der Waals surface area contributed by atoms with Crippen molar-refractivity contribution in [2.75, 3.05) is 14.2 Å². The Hall–Kier alpha value is -1.91. The van der Waals surface area contributed by atoms with Crippen molar-refractivity contribution in [3.05, 3.63) is 23.3 Å². The number of methoxy groups -OCH3 is 2. The minimum Gasteiger partial charge on any atom is -0.497 e. The van der Waals surface area contributed by atoms with Crippen LogP contribution < -0.4 is 9.47 Å². The summed E-state index contributed by atoms with van der Waals surface area (Å²) in [5.41, 5.74) is 1.55. The molecule has 0 N–H and O–H groups in total. The first-order valence-corrected chi connectivity index (χ1v) is 6.55. The molecule has 0 fully saturated rings. The van der Waals surface area contributed by atoms with Gasteiger partial charge in [-0.1, -0.05) is 0 Å². The normalized spacial score (nSPS) is 13.9. The van der Waals surface area contributed by atoms with Crippen LogP contribution in [0.3, 0.4) is 0 Å². The topological polar surface area (TPSA) is 48.0 Å². The molecule has 20 heavy (non-hydrogen) atoms. The summed E-state index contributed by atoms with van der Waals surface area (Å²) in [6, 6.07) is 3.76. The number of carbonyl (C=O) groups excluding carboxylic acids is 1. The number of hydrogen-bond acceptors (Lipinski definition) is 4. The van der Waals surface area contributed by atoms with Crippen molar-refractivity contribution < 1.29 is 19.0 Å². The molecular formula is C15H21NO4. The number of rotatable bonds is 2. The standard InChI is InChI=1S/C15H21NO4/c1-15(2,3)20-14(17)16-8-10-6-11(18-4)7-13(19-5)12(10)9-16/h6-7H,8-9H2,1-5H3. The molecule has 1 aliphatic rings. The summed E-state index contributed by atoms with van der Waals surface area (Å²) in [4.78, 5) is 13.8.